The molecule has 0 unspecified atom stereocenters. The summed E-state index contributed by atoms with van der Waals surface area (Å²) >= 11 is 0. The number of carboxylic acid groups (broad SMARTS) is 1. The van der Waals surface area contributed by atoms with Gasteiger partial charge in [0.05, 0.1) is 5.92 Å². The molecule has 1 aliphatic carbocycles. The van der Waals surface area contributed by atoms with Crippen LogP contribution in [0.2, 0.25) is 0 Å². The van der Waals surface area contributed by atoms with E-state index >= 15 is 0 Å². The Labute approximate surface area is 59.5 Å². The fraction of sp³-hybridized carbons (Fsp3) is 0.571. The molecule has 3 N–H and O–H groups in total. The highest BCUT2D eigenvalue weighted by molar-refractivity contribution is 5.73. The van der Waals surface area contributed by atoms with Crippen molar-refractivity contribution in [3.63, 3.8) is 0 Å². The van der Waals surface area contributed by atoms with Crippen LogP contribution in [-0.4, -0.2) is 16.6 Å². The van der Waals surface area contributed by atoms with Gasteiger partial charge in [0.25, 0.3) is 0 Å². The fourth-order valence-electron chi connectivity index (χ4n) is 1.12. The third-order valence-corrected chi connectivity index (χ3v) is 1.69. The van der Waals surface area contributed by atoms with Crippen LogP contribution in [0.1, 0.15) is 13.3 Å². The van der Waals surface area contributed by atoms with E-state index in [2.05, 4.69) is 0 Å². The van der Waals surface area contributed by atoms with E-state index in [1.807, 2.05) is 6.92 Å². The largest absolute Gasteiger partial charge is 0.481 e. The molecule has 0 aromatic rings. The average molecular weight is 141 g/mol. The van der Waals surface area contributed by atoms with Crippen molar-refractivity contribution in [1.82, 2.24) is 0 Å². The van der Waals surface area contributed by atoms with Gasteiger partial charge in [-0.1, -0.05) is 12.2 Å². The predicted octanol–water partition coefficient (Wildman–Crippen LogP) is 0.364. The summed E-state index contributed by atoms with van der Waals surface area (Å²) in [6.45, 7) is 1.83. The lowest BCUT2D eigenvalue weighted by atomic mass is 9.99. The lowest BCUT2D eigenvalue weighted by molar-refractivity contribution is -0.140. The van der Waals surface area contributed by atoms with Crippen LogP contribution in [0, 0.1) is 5.92 Å². The summed E-state index contributed by atoms with van der Waals surface area (Å²) in [7, 11) is 0. The van der Waals surface area contributed by atoms with E-state index in [1.54, 1.807) is 12.2 Å². The van der Waals surface area contributed by atoms with Crippen molar-refractivity contribution in [2.75, 3.05) is 0 Å². The Kier molecular flexibility index (Phi) is 1.52. The van der Waals surface area contributed by atoms with Crippen molar-refractivity contribution in [2.45, 2.75) is 18.9 Å². The number of carboxylic acids is 1. The highest BCUT2D eigenvalue weighted by Gasteiger charge is 2.29. The smallest absolute Gasteiger partial charge is 0.310 e. The molecule has 0 saturated carbocycles. The second kappa shape index (κ2) is 2.09. The fourth-order valence-corrected chi connectivity index (χ4v) is 1.12. The minimum absolute atomic E-state index is 0.380. The van der Waals surface area contributed by atoms with Crippen molar-refractivity contribution in [2.24, 2.45) is 11.7 Å². The maximum absolute atomic E-state index is 10.4. The molecule has 3 nitrogen and oxygen atoms in total. The lowest BCUT2D eigenvalue weighted by Crippen LogP contribution is -2.32. The summed E-state index contributed by atoms with van der Waals surface area (Å²) in [6.07, 6.45) is 3.93. The summed E-state index contributed by atoms with van der Waals surface area (Å²) in [4.78, 5) is 10.4. The number of rotatable bonds is 1. The van der Waals surface area contributed by atoms with E-state index in [4.69, 9.17) is 10.8 Å². The first-order valence-electron chi connectivity index (χ1n) is 3.22. The molecule has 0 fully saturated rings. The Morgan fingerprint density at radius 3 is 2.70 bits per heavy atom. The average Bonchev–Trinajstić information content (AvgIpc) is 2.10. The van der Waals surface area contributed by atoms with Crippen molar-refractivity contribution < 1.29 is 9.90 Å². The van der Waals surface area contributed by atoms with Gasteiger partial charge in [-0.15, -0.1) is 0 Å². The second-order valence-corrected chi connectivity index (χ2v) is 3.01. The maximum atomic E-state index is 10.4. The molecule has 1 rings (SSSR count). The van der Waals surface area contributed by atoms with Gasteiger partial charge in [-0.2, -0.15) is 0 Å². The van der Waals surface area contributed by atoms with E-state index in [1.165, 1.54) is 0 Å². The van der Waals surface area contributed by atoms with Gasteiger partial charge < -0.3 is 10.8 Å². The summed E-state index contributed by atoms with van der Waals surface area (Å²) in [5.41, 5.74) is 5.24. The van der Waals surface area contributed by atoms with Gasteiger partial charge in [-0.05, 0) is 13.3 Å². The first-order chi connectivity index (χ1) is 4.51. The lowest BCUT2D eigenvalue weighted by Gasteiger charge is -2.14. The summed E-state index contributed by atoms with van der Waals surface area (Å²) in [5, 5.41) is 8.54. The van der Waals surface area contributed by atoms with Gasteiger partial charge >= 0.3 is 5.97 Å². The topological polar surface area (TPSA) is 63.3 Å². The third kappa shape index (κ3) is 1.36. The number of hydrogen-bond donors (Lipinski definition) is 2. The van der Waals surface area contributed by atoms with Gasteiger partial charge in [0.15, 0.2) is 0 Å². The molecule has 10 heavy (non-hydrogen) atoms. The van der Waals surface area contributed by atoms with E-state index in [9.17, 15) is 4.79 Å². The van der Waals surface area contributed by atoms with Crippen molar-refractivity contribution >= 4 is 5.97 Å². The molecule has 0 amide bonds. The zero-order valence-electron chi connectivity index (χ0n) is 5.87. The first kappa shape index (κ1) is 7.28. The van der Waals surface area contributed by atoms with Gasteiger partial charge in [0.2, 0.25) is 0 Å². The zero-order chi connectivity index (χ0) is 7.78. The Morgan fingerprint density at radius 1 is 1.90 bits per heavy atom. The molecular weight excluding hydrogens is 130 g/mol. The molecule has 3 heteroatoms. The van der Waals surface area contributed by atoms with Crippen molar-refractivity contribution in [3.05, 3.63) is 12.2 Å². The molecule has 0 aromatic carbocycles. The van der Waals surface area contributed by atoms with Crippen LogP contribution in [0.3, 0.4) is 0 Å². The van der Waals surface area contributed by atoms with Gasteiger partial charge in [0, 0.05) is 5.54 Å². The summed E-state index contributed by atoms with van der Waals surface area (Å²) < 4.78 is 0. The molecule has 1 aliphatic rings. The Balaban J connectivity index is 2.62. The van der Waals surface area contributed by atoms with E-state index in [0.29, 0.717) is 6.42 Å². The molecule has 0 bridgehead atoms. The number of nitrogens with two attached hydrogens (primary N) is 1. The normalized spacial score (nSPS) is 38.4. The number of aliphatic carboxylic acids is 1. The van der Waals surface area contributed by atoms with Gasteiger partial charge in [0.1, 0.15) is 0 Å². The molecule has 0 radical (unpaired) electrons. The Hall–Kier alpha value is -0.830. The van der Waals surface area contributed by atoms with E-state index in [-0.39, 0.29) is 5.92 Å². The molecule has 56 valence electrons. The van der Waals surface area contributed by atoms with Crippen LogP contribution in [0.15, 0.2) is 12.2 Å². The maximum Gasteiger partial charge on any atom is 0.310 e. The van der Waals surface area contributed by atoms with Crippen molar-refractivity contribution in [1.29, 1.82) is 0 Å². The van der Waals surface area contributed by atoms with E-state index in [0.717, 1.165) is 0 Å². The summed E-state index contributed by atoms with van der Waals surface area (Å²) in [6, 6.07) is 0. The van der Waals surface area contributed by atoms with Crippen LogP contribution in [0.4, 0.5) is 0 Å². The molecule has 0 saturated heterocycles. The zero-order valence-corrected chi connectivity index (χ0v) is 5.87. The standard InChI is InChI=1S/C7H11NO2/c1-7(8)3-2-5(4-7)6(9)10/h2-3,5H,4,8H2,1H3,(H,9,10)/t5-,7+/m1/s1. The molecular formula is C7H11NO2. The molecule has 0 aliphatic heterocycles. The quantitative estimate of drug-likeness (QED) is 0.518. The molecule has 2 atom stereocenters. The first-order valence-corrected chi connectivity index (χ1v) is 3.22. The molecule has 0 heterocycles. The minimum atomic E-state index is -0.787. The van der Waals surface area contributed by atoms with E-state index < -0.39 is 11.5 Å². The highest BCUT2D eigenvalue weighted by Crippen LogP contribution is 2.24. The minimum Gasteiger partial charge on any atom is -0.481 e. The molecule has 0 aromatic heterocycles. The van der Waals surface area contributed by atoms with Gasteiger partial charge in [-0.3, -0.25) is 4.79 Å². The SMILES string of the molecule is C[C@]1(N)C=C[C@@H](C(=O)O)C1. The van der Waals surface area contributed by atoms with Crippen LogP contribution in [0.5, 0.6) is 0 Å². The van der Waals surface area contributed by atoms with Crippen LogP contribution in [-0.2, 0) is 4.79 Å². The monoisotopic (exact) mass is 141 g/mol. The Bertz CT molecular complexity index is 184. The van der Waals surface area contributed by atoms with Gasteiger partial charge in [-0.25, -0.2) is 0 Å². The number of hydrogen-bond acceptors (Lipinski definition) is 2. The Morgan fingerprint density at radius 2 is 2.50 bits per heavy atom. The third-order valence-electron chi connectivity index (χ3n) is 1.69. The predicted molar refractivity (Wildman–Crippen MR) is 37.5 cm³/mol. The van der Waals surface area contributed by atoms with Crippen LogP contribution < -0.4 is 5.73 Å². The second-order valence-electron chi connectivity index (χ2n) is 3.01. The molecule has 0 spiro atoms. The highest BCUT2D eigenvalue weighted by atomic mass is 16.4. The van der Waals surface area contributed by atoms with Crippen LogP contribution >= 0.6 is 0 Å². The van der Waals surface area contributed by atoms with Crippen LogP contribution in [0.25, 0.3) is 0 Å². The van der Waals surface area contributed by atoms with Crippen molar-refractivity contribution in [3.8, 4) is 0 Å². The summed E-state index contributed by atoms with van der Waals surface area (Å²) in [5.74, 6) is -1.17. The number of carbonyl (C=O) groups is 1.